The van der Waals surface area contributed by atoms with Gasteiger partial charge in [-0.3, -0.25) is 0 Å². The molecule has 1 radical (unpaired) electrons. The van der Waals surface area contributed by atoms with Crippen LogP contribution in [0.3, 0.4) is 0 Å². The van der Waals surface area contributed by atoms with Crippen LogP contribution in [0, 0.1) is 6.42 Å². The Morgan fingerprint density at radius 2 is 1.55 bits per heavy atom. The molecule has 63 valence electrons. The first kappa shape index (κ1) is 10.5. The summed E-state index contributed by atoms with van der Waals surface area (Å²) in [4.78, 5) is 0. The van der Waals surface area contributed by atoms with Crippen LogP contribution >= 0.6 is 0 Å². The molecule has 0 aromatic carbocycles. The van der Waals surface area contributed by atoms with E-state index in [1.54, 1.807) is 0 Å². The largest absolute Gasteiger partial charge is 0.0846 e. The highest BCUT2D eigenvalue weighted by molar-refractivity contribution is 5.02. The van der Waals surface area contributed by atoms with E-state index in [1.165, 1.54) is 25.7 Å². The molecule has 0 aliphatic rings. The molecule has 0 amide bonds. The van der Waals surface area contributed by atoms with Gasteiger partial charge in [0, 0.05) is 0 Å². The van der Waals surface area contributed by atoms with Crippen molar-refractivity contribution in [1.29, 1.82) is 0 Å². The second-order valence-electron chi connectivity index (χ2n) is 2.63. The normalized spacial score (nSPS) is 11.8. The van der Waals surface area contributed by atoms with Crippen LogP contribution < -0.4 is 0 Å². The third-order valence-corrected chi connectivity index (χ3v) is 1.46. The Morgan fingerprint density at radius 1 is 0.909 bits per heavy atom. The Kier molecular flexibility index (Phi) is 9.03. The number of allylic oxidation sites excluding steroid dienone is 4. The fourth-order valence-corrected chi connectivity index (χ4v) is 0.779. The third-order valence-electron chi connectivity index (χ3n) is 1.46. The highest BCUT2D eigenvalue weighted by Gasteiger charge is 1.75. The molecule has 0 spiro atoms. The summed E-state index contributed by atoms with van der Waals surface area (Å²) in [5, 5.41) is 0. The molecule has 0 aliphatic heterocycles. The SMILES string of the molecule is C[CH]CCC=CC=CCCC. The summed E-state index contributed by atoms with van der Waals surface area (Å²) in [5.74, 6) is 0. The van der Waals surface area contributed by atoms with Crippen LogP contribution in [0.2, 0.25) is 0 Å². The van der Waals surface area contributed by atoms with Gasteiger partial charge in [0.1, 0.15) is 0 Å². The topological polar surface area (TPSA) is 0 Å². The van der Waals surface area contributed by atoms with E-state index in [2.05, 4.69) is 44.6 Å². The lowest BCUT2D eigenvalue weighted by Crippen LogP contribution is -1.66. The highest BCUT2D eigenvalue weighted by Crippen LogP contribution is 1.94. The van der Waals surface area contributed by atoms with Crippen LogP contribution in [0.4, 0.5) is 0 Å². The Bertz CT molecular complexity index is 109. The van der Waals surface area contributed by atoms with Crippen LogP contribution in [0.5, 0.6) is 0 Å². The van der Waals surface area contributed by atoms with Crippen LogP contribution in [-0.4, -0.2) is 0 Å². The van der Waals surface area contributed by atoms with E-state index in [-0.39, 0.29) is 0 Å². The van der Waals surface area contributed by atoms with Crippen molar-refractivity contribution in [3.05, 3.63) is 30.7 Å². The molecule has 0 fully saturated rings. The van der Waals surface area contributed by atoms with Gasteiger partial charge in [0.15, 0.2) is 0 Å². The monoisotopic (exact) mass is 151 g/mol. The van der Waals surface area contributed by atoms with Crippen LogP contribution in [0.1, 0.15) is 39.5 Å². The molecule has 0 aromatic rings. The molecule has 0 rings (SSSR count). The Labute approximate surface area is 71.0 Å². The average molecular weight is 151 g/mol. The maximum absolute atomic E-state index is 2.21. The van der Waals surface area contributed by atoms with E-state index in [1.807, 2.05) is 0 Å². The van der Waals surface area contributed by atoms with E-state index in [9.17, 15) is 0 Å². The number of rotatable bonds is 6. The van der Waals surface area contributed by atoms with Crippen molar-refractivity contribution in [3.63, 3.8) is 0 Å². The summed E-state index contributed by atoms with van der Waals surface area (Å²) in [6, 6.07) is 0. The Hall–Kier alpha value is -0.520. The first-order valence-electron chi connectivity index (χ1n) is 4.51. The fraction of sp³-hybridized carbons (Fsp3) is 0.545. The van der Waals surface area contributed by atoms with Gasteiger partial charge in [0.2, 0.25) is 0 Å². The van der Waals surface area contributed by atoms with Crippen molar-refractivity contribution in [1.82, 2.24) is 0 Å². The summed E-state index contributed by atoms with van der Waals surface area (Å²) in [6.45, 7) is 4.29. The lowest BCUT2D eigenvalue weighted by atomic mass is 10.2. The minimum absolute atomic E-state index is 1.17. The Balaban J connectivity index is 3.14. The third kappa shape index (κ3) is 9.48. The summed E-state index contributed by atoms with van der Waals surface area (Å²) in [5.41, 5.74) is 0. The standard InChI is InChI=1S/C11H19/c1-3-5-7-9-11-10-8-6-4-2/h3,8-11H,4-7H2,1-2H3. The number of hydrogen-bond acceptors (Lipinski definition) is 0. The molecule has 0 heterocycles. The van der Waals surface area contributed by atoms with Gasteiger partial charge < -0.3 is 0 Å². The summed E-state index contributed by atoms with van der Waals surface area (Å²) in [6.07, 6.45) is 15.7. The predicted octanol–water partition coefficient (Wildman–Crippen LogP) is 3.90. The molecule has 0 unspecified atom stereocenters. The van der Waals surface area contributed by atoms with E-state index in [0.29, 0.717) is 0 Å². The molecule has 0 nitrogen and oxygen atoms in total. The molecule has 0 atom stereocenters. The molecule has 0 saturated carbocycles. The van der Waals surface area contributed by atoms with Crippen LogP contribution in [-0.2, 0) is 0 Å². The molecule has 11 heavy (non-hydrogen) atoms. The number of unbranched alkanes of at least 4 members (excludes halogenated alkanes) is 3. The summed E-state index contributed by atoms with van der Waals surface area (Å²) in [7, 11) is 0. The van der Waals surface area contributed by atoms with Gasteiger partial charge in [0.25, 0.3) is 0 Å². The molecular weight excluding hydrogens is 132 g/mol. The second kappa shape index (κ2) is 9.48. The second-order valence-corrected chi connectivity index (χ2v) is 2.63. The zero-order valence-corrected chi connectivity index (χ0v) is 7.72. The molecule has 0 bridgehead atoms. The zero-order valence-electron chi connectivity index (χ0n) is 7.72. The number of hydrogen-bond donors (Lipinski definition) is 0. The van der Waals surface area contributed by atoms with E-state index < -0.39 is 0 Å². The molecule has 0 heteroatoms. The van der Waals surface area contributed by atoms with Crippen molar-refractivity contribution < 1.29 is 0 Å². The molecule has 0 aliphatic carbocycles. The maximum atomic E-state index is 2.21. The average Bonchev–Trinajstić information content (AvgIpc) is 2.03. The summed E-state index contributed by atoms with van der Waals surface area (Å²) < 4.78 is 0. The maximum Gasteiger partial charge on any atom is -0.0345 e. The minimum atomic E-state index is 1.17. The zero-order chi connectivity index (χ0) is 8.36. The fourth-order valence-electron chi connectivity index (χ4n) is 0.779. The molecular formula is C11H19. The lowest BCUT2D eigenvalue weighted by Gasteiger charge is -1.85. The van der Waals surface area contributed by atoms with E-state index in [0.717, 1.165) is 0 Å². The van der Waals surface area contributed by atoms with Crippen molar-refractivity contribution >= 4 is 0 Å². The quantitative estimate of drug-likeness (QED) is 0.399. The smallest absolute Gasteiger partial charge is 0.0345 e. The lowest BCUT2D eigenvalue weighted by molar-refractivity contribution is 0.957. The van der Waals surface area contributed by atoms with Crippen molar-refractivity contribution in [2.75, 3.05) is 0 Å². The predicted molar refractivity (Wildman–Crippen MR) is 52.4 cm³/mol. The Morgan fingerprint density at radius 3 is 2.09 bits per heavy atom. The van der Waals surface area contributed by atoms with Gasteiger partial charge in [-0.15, -0.1) is 0 Å². The van der Waals surface area contributed by atoms with Crippen molar-refractivity contribution in [3.8, 4) is 0 Å². The van der Waals surface area contributed by atoms with E-state index in [4.69, 9.17) is 0 Å². The van der Waals surface area contributed by atoms with Crippen LogP contribution in [0.15, 0.2) is 24.3 Å². The van der Waals surface area contributed by atoms with Gasteiger partial charge in [-0.05, 0) is 25.7 Å². The first-order chi connectivity index (χ1) is 5.41. The molecule has 0 aromatic heterocycles. The molecule has 0 N–H and O–H groups in total. The van der Waals surface area contributed by atoms with Gasteiger partial charge in [-0.2, -0.15) is 0 Å². The van der Waals surface area contributed by atoms with Crippen LogP contribution in [0.25, 0.3) is 0 Å². The van der Waals surface area contributed by atoms with Crippen molar-refractivity contribution in [2.45, 2.75) is 39.5 Å². The first-order valence-corrected chi connectivity index (χ1v) is 4.51. The van der Waals surface area contributed by atoms with Gasteiger partial charge >= 0.3 is 0 Å². The van der Waals surface area contributed by atoms with Gasteiger partial charge in [-0.25, -0.2) is 0 Å². The minimum Gasteiger partial charge on any atom is -0.0846 e. The van der Waals surface area contributed by atoms with Gasteiger partial charge in [0.05, 0.1) is 0 Å². The van der Waals surface area contributed by atoms with Crippen molar-refractivity contribution in [2.24, 2.45) is 0 Å². The highest BCUT2D eigenvalue weighted by atomic mass is 13.8. The molecule has 0 saturated heterocycles. The summed E-state index contributed by atoms with van der Waals surface area (Å²) >= 11 is 0. The van der Waals surface area contributed by atoms with E-state index >= 15 is 0 Å². The van der Waals surface area contributed by atoms with Gasteiger partial charge in [-0.1, -0.05) is 44.6 Å².